The maximum atomic E-state index is 6.12. The second kappa shape index (κ2) is 9.45. The van der Waals surface area contributed by atoms with E-state index in [0.717, 1.165) is 48.0 Å². The van der Waals surface area contributed by atoms with Gasteiger partial charge in [0.05, 0.1) is 14.2 Å². The van der Waals surface area contributed by atoms with Gasteiger partial charge in [-0.25, -0.2) is 0 Å². The molecular weight excluding hydrogens is 394 g/mol. The van der Waals surface area contributed by atoms with E-state index in [0.29, 0.717) is 6.61 Å². The van der Waals surface area contributed by atoms with Crippen molar-refractivity contribution in [3.05, 3.63) is 71.8 Å². The molecule has 0 fully saturated rings. The van der Waals surface area contributed by atoms with Crippen LogP contribution in [0.25, 0.3) is 11.1 Å². The molecule has 1 aliphatic heterocycles. The van der Waals surface area contributed by atoms with Crippen molar-refractivity contribution >= 4 is 11.8 Å². The summed E-state index contributed by atoms with van der Waals surface area (Å²) in [6, 6.07) is 21.1. The third kappa shape index (κ3) is 4.42. The van der Waals surface area contributed by atoms with Crippen LogP contribution in [-0.2, 0) is 13.1 Å². The fourth-order valence-corrected chi connectivity index (χ4v) is 4.26. The van der Waals surface area contributed by atoms with E-state index in [4.69, 9.17) is 14.2 Å². The van der Waals surface area contributed by atoms with Crippen molar-refractivity contribution in [1.29, 1.82) is 0 Å². The van der Waals surface area contributed by atoms with Gasteiger partial charge in [-0.2, -0.15) is 0 Å². The van der Waals surface area contributed by atoms with Crippen molar-refractivity contribution in [2.24, 2.45) is 0 Å². The van der Waals surface area contributed by atoms with Crippen molar-refractivity contribution in [3.63, 3.8) is 0 Å². The Morgan fingerprint density at radius 1 is 0.933 bits per heavy atom. The Hall–Kier alpha value is -2.63. The summed E-state index contributed by atoms with van der Waals surface area (Å²) in [5, 5.41) is 0. The van der Waals surface area contributed by atoms with Crippen LogP contribution in [0.1, 0.15) is 11.1 Å². The number of benzene rings is 3. The van der Waals surface area contributed by atoms with Crippen molar-refractivity contribution in [2.45, 2.75) is 18.0 Å². The van der Waals surface area contributed by atoms with Gasteiger partial charge in [0.15, 0.2) is 11.5 Å². The number of ether oxygens (including phenoxy) is 3. The van der Waals surface area contributed by atoms with Crippen molar-refractivity contribution < 1.29 is 14.2 Å². The van der Waals surface area contributed by atoms with E-state index in [1.54, 1.807) is 26.0 Å². The van der Waals surface area contributed by atoms with E-state index >= 15 is 0 Å². The first-order chi connectivity index (χ1) is 14.7. The Kier molecular flexibility index (Phi) is 6.50. The van der Waals surface area contributed by atoms with Crippen LogP contribution in [0.3, 0.4) is 0 Å². The minimum Gasteiger partial charge on any atom is -0.496 e. The van der Waals surface area contributed by atoms with Crippen LogP contribution in [0.2, 0.25) is 0 Å². The van der Waals surface area contributed by atoms with Crippen LogP contribution in [0.5, 0.6) is 17.2 Å². The number of thioether (sulfide) groups is 1. The molecule has 0 aromatic heterocycles. The van der Waals surface area contributed by atoms with Gasteiger partial charge in [0, 0.05) is 35.7 Å². The minimum absolute atomic E-state index is 0.625. The first-order valence-electron chi connectivity index (χ1n) is 10.0. The Morgan fingerprint density at radius 2 is 1.70 bits per heavy atom. The Bertz CT molecular complexity index is 1000. The summed E-state index contributed by atoms with van der Waals surface area (Å²) >= 11 is 1.75. The highest BCUT2D eigenvalue weighted by atomic mass is 32.2. The second-order valence-corrected chi connectivity index (χ2v) is 8.15. The summed E-state index contributed by atoms with van der Waals surface area (Å²) in [6.45, 7) is 3.07. The monoisotopic (exact) mass is 421 g/mol. The van der Waals surface area contributed by atoms with Crippen LogP contribution in [0.15, 0.2) is 65.6 Å². The summed E-state index contributed by atoms with van der Waals surface area (Å²) in [7, 11) is 3.43. The molecule has 1 aliphatic rings. The number of hydrogen-bond acceptors (Lipinski definition) is 5. The number of hydrogen-bond donors (Lipinski definition) is 0. The molecule has 0 saturated carbocycles. The van der Waals surface area contributed by atoms with E-state index in [1.165, 1.54) is 16.0 Å². The van der Waals surface area contributed by atoms with E-state index in [1.807, 2.05) is 12.1 Å². The largest absolute Gasteiger partial charge is 0.496 e. The topological polar surface area (TPSA) is 30.9 Å². The first kappa shape index (κ1) is 20.6. The van der Waals surface area contributed by atoms with Crippen molar-refractivity contribution in [3.8, 4) is 28.4 Å². The summed E-state index contributed by atoms with van der Waals surface area (Å²) in [4.78, 5) is 3.65. The lowest BCUT2D eigenvalue weighted by molar-refractivity contribution is 0.215. The van der Waals surface area contributed by atoms with Gasteiger partial charge < -0.3 is 14.2 Å². The van der Waals surface area contributed by atoms with Gasteiger partial charge in [0.25, 0.3) is 0 Å². The fraction of sp³-hybridized carbons (Fsp3) is 0.280. The molecule has 0 atom stereocenters. The molecular formula is C25H27NO3S. The van der Waals surface area contributed by atoms with Crippen LogP contribution in [0, 0.1) is 0 Å². The standard InChI is InChI=1S/C25H27NO3S/c1-27-23-7-5-4-6-19(23)16-26-12-13-29-25-21(17-26)14-20(15-24(25)28-2)18-8-10-22(30-3)11-9-18/h4-11,14-15H,12-13,16-17H2,1-3H3. The van der Waals surface area contributed by atoms with Gasteiger partial charge in [-0.15, -0.1) is 11.8 Å². The zero-order valence-electron chi connectivity index (χ0n) is 17.7. The van der Waals surface area contributed by atoms with Gasteiger partial charge in [0.2, 0.25) is 0 Å². The number of methoxy groups -OCH3 is 2. The van der Waals surface area contributed by atoms with E-state index < -0.39 is 0 Å². The molecule has 0 spiro atoms. The molecule has 0 unspecified atom stereocenters. The van der Waals surface area contributed by atoms with Gasteiger partial charge in [-0.05, 0) is 47.7 Å². The average Bonchev–Trinajstić information content (AvgIpc) is 3.00. The van der Waals surface area contributed by atoms with E-state index in [2.05, 4.69) is 59.7 Å². The SMILES string of the molecule is COc1ccccc1CN1CCOc2c(cc(-c3ccc(SC)cc3)cc2OC)C1. The zero-order valence-corrected chi connectivity index (χ0v) is 18.5. The molecule has 0 bridgehead atoms. The van der Waals surface area contributed by atoms with E-state index in [-0.39, 0.29) is 0 Å². The maximum absolute atomic E-state index is 6.12. The van der Waals surface area contributed by atoms with Gasteiger partial charge in [-0.1, -0.05) is 30.3 Å². The summed E-state index contributed by atoms with van der Waals surface area (Å²) in [5.41, 5.74) is 4.64. The van der Waals surface area contributed by atoms with Crippen LogP contribution >= 0.6 is 11.8 Å². The molecule has 4 nitrogen and oxygen atoms in total. The lowest BCUT2D eigenvalue weighted by atomic mass is 10.0. The quantitative estimate of drug-likeness (QED) is 0.492. The summed E-state index contributed by atoms with van der Waals surface area (Å²) < 4.78 is 17.4. The molecule has 0 N–H and O–H groups in total. The van der Waals surface area contributed by atoms with Crippen LogP contribution in [-0.4, -0.2) is 38.5 Å². The van der Waals surface area contributed by atoms with Crippen molar-refractivity contribution in [2.75, 3.05) is 33.6 Å². The molecule has 0 radical (unpaired) electrons. The minimum atomic E-state index is 0.625. The third-order valence-electron chi connectivity index (χ3n) is 5.41. The first-order valence-corrected chi connectivity index (χ1v) is 11.3. The van der Waals surface area contributed by atoms with Gasteiger partial charge in [0.1, 0.15) is 12.4 Å². The Labute approximate surface area is 182 Å². The molecule has 30 heavy (non-hydrogen) atoms. The Morgan fingerprint density at radius 3 is 2.43 bits per heavy atom. The molecule has 3 aromatic rings. The number of rotatable bonds is 6. The predicted octanol–water partition coefficient (Wildman–Crippen LogP) is 5.49. The molecule has 4 rings (SSSR count). The highest BCUT2D eigenvalue weighted by Gasteiger charge is 2.21. The second-order valence-electron chi connectivity index (χ2n) is 7.27. The molecule has 0 aliphatic carbocycles. The highest BCUT2D eigenvalue weighted by molar-refractivity contribution is 7.98. The highest BCUT2D eigenvalue weighted by Crippen LogP contribution is 2.39. The smallest absolute Gasteiger partial charge is 0.165 e. The number of fused-ring (bicyclic) bond motifs is 1. The van der Waals surface area contributed by atoms with Crippen molar-refractivity contribution in [1.82, 2.24) is 4.90 Å². The van der Waals surface area contributed by atoms with Crippen LogP contribution < -0.4 is 14.2 Å². The van der Waals surface area contributed by atoms with Crippen LogP contribution in [0.4, 0.5) is 0 Å². The third-order valence-corrected chi connectivity index (χ3v) is 6.15. The average molecular weight is 422 g/mol. The maximum Gasteiger partial charge on any atom is 0.165 e. The lowest BCUT2D eigenvalue weighted by Crippen LogP contribution is -2.25. The lowest BCUT2D eigenvalue weighted by Gasteiger charge is -2.21. The molecule has 0 amide bonds. The molecule has 0 saturated heterocycles. The van der Waals surface area contributed by atoms with Gasteiger partial charge in [-0.3, -0.25) is 4.90 Å². The van der Waals surface area contributed by atoms with Gasteiger partial charge >= 0.3 is 0 Å². The summed E-state index contributed by atoms with van der Waals surface area (Å²) in [6.07, 6.45) is 2.09. The molecule has 1 heterocycles. The molecule has 3 aromatic carbocycles. The predicted molar refractivity (Wildman–Crippen MR) is 123 cm³/mol. The summed E-state index contributed by atoms with van der Waals surface area (Å²) in [5.74, 6) is 2.56. The molecule has 5 heteroatoms. The number of nitrogens with zero attached hydrogens (tertiary/aromatic N) is 1. The number of para-hydroxylation sites is 1. The van der Waals surface area contributed by atoms with E-state index in [9.17, 15) is 0 Å². The fourth-order valence-electron chi connectivity index (χ4n) is 3.85. The normalized spacial score (nSPS) is 13.8. The Balaban J connectivity index is 1.65. The zero-order chi connectivity index (χ0) is 20.9. The molecule has 156 valence electrons.